The third kappa shape index (κ3) is 3.99. The molecule has 0 atom stereocenters. The average Bonchev–Trinajstić information content (AvgIpc) is 3.17. The highest BCUT2D eigenvalue weighted by molar-refractivity contribution is 7.91. The number of hydrogen-bond donors (Lipinski definition) is 0. The summed E-state index contributed by atoms with van der Waals surface area (Å²) >= 11 is 0. The van der Waals surface area contributed by atoms with E-state index in [2.05, 4.69) is 9.97 Å². The van der Waals surface area contributed by atoms with Crippen molar-refractivity contribution in [1.82, 2.24) is 14.5 Å². The Labute approximate surface area is 165 Å². The SMILES string of the molecule is N#Cc1nc(-n2ccc(S(=O)(=O)c3ccccc3C(F)(F)F)c2)cc(C(F)(F)F)n1. The maximum atomic E-state index is 13.2. The largest absolute Gasteiger partial charge is 0.433 e. The molecule has 0 saturated carbocycles. The molecule has 30 heavy (non-hydrogen) atoms. The summed E-state index contributed by atoms with van der Waals surface area (Å²) in [5.74, 6) is -1.31. The molecule has 0 aliphatic heterocycles. The van der Waals surface area contributed by atoms with Gasteiger partial charge in [0, 0.05) is 18.5 Å². The van der Waals surface area contributed by atoms with E-state index in [0.717, 1.165) is 41.2 Å². The molecule has 2 aromatic heterocycles. The van der Waals surface area contributed by atoms with Gasteiger partial charge in [0.25, 0.3) is 0 Å². The molecule has 0 fully saturated rings. The predicted molar refractivity (Wildman–Crippen MR) is 88.0 cm³/mol. The number of hydrogen-bond acceptors (Lipinski definition) is 5. The van der Waals surface area contributed by atoms with E-state index in [1.54, 1.807) is 0 Å². The monoisotopic (exact) mass is 446 g/mol. The topological polar surface area (TPSA) is 88.6 Å². The highest BCUT2D eigenvalue weighted by Gasteiger charge is 2.38. The van der Waals surface area contributed by atoms with Gasteiger partial charge in [0.05, 0.1) is 15.4 Å². The third-order valence-corrected chi connectivity index (χ3v) is 5.62. The second-order valence-electron chi connectivity index (χ2n) is 5.80. The van der Waals surface area contributed by atoms with E-state index in [-0.39, 0.29) is 0 Å². The molecule has 0 aliphatic rings. The Kier molecular flexibility index (Phi) is 5.07. The number of nitrogens with zero attached hydrogens (tertiary/aromatic N) is 4. The number of rotatable bonds is 3. The second-order valence-corrected chi connectivity index (χ2v) is 7.71. The van der Waals surface area contributed by atoms with Crippen LogP contribution in [0.2, 0.25) is 0 Å². The first-order valence-electron chi connectivity index (χ1n) is 7.80. The molecule has 3 rings (SSSR count). The zero-order valence-electron chi connectivity index (χ0n) is 14.4. The van der Waals surface area contributed by atoms with Crippen LogP contribution in [0.3, 0.4) is 0 Å². The normalized spacial score (nSPS) is 12.6. The van der Waals surface area contributed by atoms with E-state index in [9.17, 15) is 34.8 Å². The van der Waals surface area contributed by atoms with Gasteiger partial charge in [-0.25, -0.2) is 18.4 Å². The highest BCUT2D eigenvalue weighted by Crippen LogP contribution is 2.36. The van der Waals surface area contributed by atoms with Crippen LogP contribution in [0.4, 0.5) is 26.3 Å². The fourth-order valence-corrected chi connectivity index (χ4v) is 3.98. The lowest BCUT2D eigenvalue weighted by Crippen LogP contribution is -2.13. The van der Waals surface area contributed by atoms with Crippen LogP contribution in [-0.4, -0.2) is 23.0 Å². The molecule has 0 saturated heterocycles. The third-order valence-electron chi connectivity index (χ3n) is 3.83. The lowest BCUT2D eigenvalue weighted by Gasteiger charge is -2.12. The van der Waals surface area contributed by atoms with Gasteiger partial charge in [-0.2, -0.15) is 31.6 Å². The van der Waals surface area contributed by atoms with Gasteiger partial charge in [0.2, 0.25) is 15.7 Å². The van der Waals surface area contributed by atoms with E-state index in [0.29, 0.717) is 12.1 Å². The van der Waals surface area contributed by atoms with Gasteiger partial charge >= 0.3 is 12.4 Å². The fraction of sp³-hybridized carbons (Fsp3) is 0.118. The first-order chi connectivity index (χ1) is 13.8. The minimum atomic E-state index is -4.94. The van der Waals surface area contributed by atoms with Crippen LogP contribution in [0.15, 0.2) is 58.6 Å². The molecule has 6 nitrogen and oxygen atoms in total. The lowest BCUT2D eigenvalue weighted by molar-refractivity contribution is -0.141. The molecule has 0 radical (unpaired) electrons. The molecule has 3 aromatic rings. The van der Waals surface area contributed by atoms with Gasteiger partial charge in [0.1, 0.15) is 11.9 Å². The van der Waals surface area contributed by atoms with Crippen molar-refractivity contribution in [2.75, 3.05) is 0 Å². The summed E-state index contributed by atoms with van der Waals surface area (Å²) in [6.45, 7) is 0. The number of halogens is 6. The maximum Gasteiger partial charge on any atom is 0.433 e. The van der Waals surface area contributed by atoms with E-state index in [4.69, 9.17) is 5.26 Å². The van der Waals surface area contributed by atoms with E-state index in [1.807, 2.05) is 0 Å². The van der Waals surface area contributed by atoms with Gasteiger partial charge in [-0.1, -0.05) is 12.1 Å². The Hall–Kier alpha value is -3.40. The van der Waals surface area contributed by atoms with Crippen LogP contribution in [-0.2, 0) is 22.2 Å². The van der Waals surface area contributed by atoms with E-state index >= 15 is 0 Å². The summed E-state index contributed by atoms with van der Waals surface area (Å²) < 4.78 is 105. The van der Waals surface area contributed by atoms with Crippen LogP contribution in [0.5, 0.6) is 0 Å². The summed E-state index contributed by atoms with van der Waals surface area (Å²) in [6, 6.07) is 6.24. The molecule has 0 amide bonds. The summed E-state index contributed by atoms with van der Waals surface area (Å²) in [5, 5.41) is 8.84. The molecule has 156 valence electrons. The van der Waals surface area contributed by atoms with Gasteiger partial charge in [0.15, 0.2) is 5.69 Å². The minimum absolute atomic E-state index is 0.473. The molecule has 0 spiro atoms. The zero-order valence-corrected chi connectivity index (χ0v) is 15.2. The number of alkyl halides is 6. The number of nitriles is 1. The molecular weight excluding hydrogens is 438 g/mol. The molecule has 0 bridgehead atoms. The second kappa shape index (κ2) is 7.13. The number of aromatic nitrogens is 3. The maximum absolute atomic E-state index is 13.2. The molecule has 1 aromatic carbocycles. The van der Waals surface area contributed by atoms with Crippen molar-refractivity contribution < 1.29 is 34.8 Å². The van der Waals surface area contributed by atoms with Gasteiger partial charge < -0.3 is 4.57 Å². The van der Waals surface area contributed by atoms with Crippen LogP contribution in [0, 0.1) is 11.3 Å². The van der Waals surface area contributed by atoms with Crippen molar-refractivity contribution in [3.8, 4) is 11.9 Å². The van der Waals surface area contributed by atoms with Crippen LogP contribution < -0.4 is 0 Å². The predicted octanol–water partition coefficient (Wildman–Crippen LogP) is 4.01. The van der Waals surface area contributed by atoms with Gasteiger partial charge in [-0.15, -0.1) is 0 Å². The smallest absolute Gasteiger partial charge is 0.307 e. The summed E-state index contributed by atoms with van der Waals surface area (Å²) in [5.41, 5.74) is -2.82. The lowest BCUT2D eigenvalue weighted by atomic mass is 10.2. The van der Waals surface area contributed by atoms with Crippen LogP contribution in [0.1, 0.15) is 17.1 Å². The summed E-state index contributed by atoms with van der Waals surface area (Å²) in [6.07, 6.45) is -8.06. The molecule has 2 heterocycles. The molecule has 0 unspecified atom stereocenters. The Morgan fingerprint density at radius 1 is 0.967 bits per heavy atom. The zero-order chi connectivity index (χ0) is 22.3. The van der Waals surface area contributed by atoms with Crippen molar-refractivity contribution >= 4 is 9.84 Å². The molecule has 13 heteroatoms. The van der Waals surface area contributed by atoms with Crippen molar-refractivity contribution in [3.63, 3.8) is 0 Å². The van der Waals surface area contributed by atoms with Crippen molar-refractivity contribution in [2.24, 2.45) is 0 Å². The van der Waals surface area contributed by atoms with E-state index < -0.39 is 54.9 Å². The molecule has 0 N–H and O–H groups in total. The quantitative estimate of drug-likeness (QED) is 0.568. The minimum Gasteiger partial charge on any atom is -0.307 e. The number of sulfone groups is 1. The first kappa shape index (κ1) is 21.3. The summed E-state index contributed by atoms with van der Waals surface area (Å²) in [7, 11) is -4.67. The molecule has 0 aliphatic carbocycles. The Balaban J connectivity index is 2.12. The Morgan fingerprint density at radius 3 is 2.23 bits per heavy atom. The average molecular weight is 446 g/mol. The highest BCUT2D eigenvalue weighted by atomic mass is 32.2. The molecular formula is C17H8F6N4O2S. The first-order valence-corrected chi connectivity index (χ1v) is 9.28. The van der Waals surface area contributed by atoms with Crippen molar-refractivity contribution in [2.45, 2.75) is 22.1 Å². The van der Waals surface area contributed by atoms with Crippen molar-refractivity contribution in [1.29, 1.82) is 5.26 Å². The standard InChI is InChI=1S/C17H8F6N4O2S/c18-16(19,20)11-3-1-2-4-12(11)30(28,29)10-5-6-27(9-10)15-7-13(17(21,22)23)25-14(8-24)26-15/h1-7,9H. The number of benzene rings is 1. The van der Waals surface area contributed by atoms with Gasteiger partial charge in [-0.3, -0.25) is 0 Å². The van der Waals surface area contributed by atoms with Gasteiger partial charge in [-0.05, 0) is 18.2 Å². The van der Waals surface area contributed by atoms with E-state index in [1.165, 1.54) is 6.07 Å². The Morgan fingerprint density at radius 2 is 1.63 bits per heavy atom. The summed E-state index contributed by atoms with van der Waals surface area (Å²) in [4.78, 5) is 5.00. The van der Waals surface area contributed by atoms with Crippen LogP contribution in [0.25, 0.3) is 5.82 Å². The fourth-order valence-electron chi connectivity index (χ4n) is 2.50. The van der Waals surface area contributed by atoms with Crippen LogP contribution >= 0.6 is 0 Å². The Bertz CT molecular complexity index is 1260. The van der Waals surface area contributed by atoms with Crippen molar-refractivity contribution in [3.05, 3.63) is 65.9 Å².